The number of carbonyl (C=O) groups excluding carboxylic acids is 1. The summed E-state index contributed by atoms with van der Waals surface area (Å²) >= 11 is 0. The Balaban J connectivity index is 1.82. The van der Waals surface area contributed by atoms with Crippen molar-refractivity contribution in [3.05, 3.63) is 0 Å². The number of rotatable bonds is 2. The Morgan fingerprint density at radius 3 is 2.44 bits per heavy atom. The molecule has 0 bridgehead atoms. The van der Waals surface area contributed by atoms with Crippen LogP contribution in [0.3, 0.4) is 0 Å². The molecule has 2 heterocycles. The van der Waals surface area contributed by atoms with Gasteiger partial charge < -0.3 is 10.2 Å². The van der Waals surface area contributed by atoms with Crippen molar-refractivity contribution in [1.82, 2.24) is 15.1 Å². The van der Waals surface area contributed by atoms with Crippen molar-refractivity contribution in [2.24, 2.45) is 0 Å². The predicted octanol–water partition coefficient (Wildman–Crippen LogP) is 1.63. The molecule has 0 aromatic carbocycles. The average Bonchev–Trinajstić information content (AvgIpc) is 2.30. The molecule has 2 saturated heterocycles. The normalized spacial score (nSPS) is 24.8. The highest BCUT2D eigenvalue weighted by Crippen LogP contribution is 2.11. The fourth-order valence-electron chi connectivity index (χ4n) is 2.49. The number of hydrogen-bond donors (Lipinski definition) is 1. The predicted molar refractivity (Wildman–Crippen MR) is 64.2 cm³/mol. The molecule has 0 unspecified atom stereocenters. The molecule has 4 nitrogen and oxygen atoms in total. The molecule has 0 atom stereocenters. The summed E-state index contributed by atoms with van der Waals surface area (Å²) in [6.07, 6.45) is 7.44. The topological polar surface area (TPSA) is 35.6 Å². The second-order valence-electron chi connectivity index (χ2n) is 4.88. The van der Waals surface area contributed by atoms with Gasteiger partial charge in [0.25, 0.3) is 0 Å². The molecule has 2 amide bonds. The number of urea groups is 1. The molecule has 0 saturated carbocycles. The molecule has 2 aliphatic heterocycles. The molecule has 0 aliphatic carbocycles. The molecule has 0 aromatic heterocycles. The van der Waals surface area contributed by atoms with Crippen LogP contribution >= 0.6 is 0 Å². The van der Waals surface area contributed by atoms with E-state index in [0.717, 1.165) is 45.7 Å². The van der Waals surface area contributed by atoms with Crippen LogP contribution in [0.4, 0.5) is 4.79 Å². The van der Waals surface area contributed by atoms with E-state index in [1.54, 1.807) is 0 Å². The van der Waals surface area contributed by atoms with Gasteiger partial charge >= 0.3 is 6.03 Å². The van der Waals surface area contributed by atoms with Crippen LogP contribution in [0.5, 0.6) is 0 Å². The average molecular weight is 225 g/mol. The van der Waals surface area contributed by atoms with Crippen molar-refractivity contribution < 1.29 is 4.79 Å². The van der Waals surface area contributed by atoms with Gasteiger partial charge in [-0.1, -0.05) is 6.42 Å². The van der Waals surface area contributed by atoms with Gasteiger partial charge in [0, 0.05) is 13.1 Å². The fourth-order valence-corrected chi connectivity index (χ4v) is 2.49. The first-order valence-electron chi connectivity index (χ1n) is 6.61. The number of piperidine rings is 1. The first-order chi connectivity index (χ1) is 7.86. The number of nitrogens with zero attached hydrogens (tertiary/aromatic N) is 2. The van der Waals surface area contributed by atoms with Crippen LogP contribution in [0.2, 0.25) is 0 Å². The monoisotopic (exact) mass is 225 g/mol. The fraction of sp³-hybridized carbons (Fsp3) is 0.917. The van der Waals surface area contributed by atoms with E-state index in [-0.39, 0.29) is 6.03 Å². The SMILES string of the molecule is O=C1NCCCCCN1CN1CCCCC1. The summed E-state index contributed by atoms with van der Waals surface area (Å²) in [6, 6.07) is 0.130. The van der Waals surface area contributed by atoms with Crippen molar-refractivity contribution in [2.75, 3.05) is 32.8 Å². The third-order valence-electron chi connectivity index (χ3n) is 3.49. The Morgan fingerprint density at radius 2 is 1.62 bits per heavy atom. The van der Waals surface area contributed by atoms with Gasteiger partial charge in [-0.2, -0.15) is 0 Å². The van der Waals surface area contributed by atoms with Gasteiger partial charge in [0.05, 0.1) is 6.67 Å². The largest absolute Gasteiger partial charge is 0.338 e. The van der Waals surface area contributed by atoms with Gasteiger partial charge in [0.15, 0.2) is 0 Å². The van der Waals surface area contributed by atoms with E-state index >= 15 is 0 Å². The lowest BCUT2D eigenvalue weighted by atomic mass is 10.1. The van der Waals surface area contributed by atoms with Crippen molar-refractivity contribution in [2.45, 2.75) is 38.5 Å². The van der Waals surface area contributed by atoms with Crippen LogP contribution in [0, 0.1) is 0 Å². The zero-order chi connectivity index (χ0) is 11.2. The number of hydrogen-bond acceptors (Lipinski definition) is 2. The van der Waals surface area contributed by atoms with Crippen LogP contribution in [0.25, 0.3) is 0 Å². The summed E-state index contributed by atoms with van der Waals surface area (Å²) in [5, 5.41) is 2.98. The van der Waals surface area contributed by atoms with E-state index in [9.17, 15) is 4.79 Å². The lowest BCUT2D eigenvalue weighted by Crippen LogP contribution is -2.48. The summed E-state index contributed by atoms with van der Waals surface area (Å²) in [5.74, 6) is 0. The van der Waals surface area contributed by atoms with Crippen LogP contribution in [-0.2, 0) is 0 Å². The van der Waals surface area contributed by atoms with Gasteiger partial charge in [-0.25, -0.2) is 4.79 Å². The maximum Gasteiger partial charge on any atom is 0.318 e. The van der Waals surface area contributed by atoms with Gasteiger partial charge in [-0.3, -0.25) is 4.90 Å². The van der Waals surface area contributed by atoms with Crippen LogP contribution < -0.4 is 5.32 Å². The first kappa shape index (κ1) is 11.7. The molecule has 2 fully saturated rings. The standard InChI is InChI=1S/C12H23N3O/c16-12-13-7-3-1-6-10-15(12)11-14-8-4-2-5-9-14/h1-11H2,(H,13,16). The zero-order valence-corrected chi connectivity index (χ0v) is 10.1. The van der Waals surface area contributed by atoms with Gasteiger partial charge in [0.2, 0.25) is 0 Å². The zero-order valence-electron chi connectivity index (χ0n) is 10.1. The second-order valence-corrected chi connectivity index (χ2v) is 4.88. The van der Waals surface area contributed by atoms with Crippen molar-refractivity contribution in [3.63, 3.8) is 0 Å². The Bertz CT molecular complexity index is 226. The molecule has 16 heavy (non-hydrogen) atoms. The molecule has 0 radical (unpaired) electrons. The second kappa shape index (κ2) is 6.09. The molecular weight excluding hydrogens is 202 g/mol. The Labute approximate surface area is 98.0 Å². The van der Waals surface area contributed by atoms with E-state index in [0.29, 0.717) is 0 Å². The Kier molecular flexibility index (Phi) is 4.45. The number of nitrogens with one attached hydrogen (secondary N) is 1. The summed E-state index contributed by atoms with van der Waals surface area (Å²) in [5.41, 5.74) is 0. The number of amides is 2. The van der Waals surface area contributed by atoms with Gasteiger partial charge in [-0.05, 0) is 45.2 Å². The Hall–Kier alpha value is -0.770. The minimum Gasteiger partial charge on any atom is -0.338 e. The molecule has 0 spiro atoms. The van der Waals surface area contributed by atoms with Crippen LogP contribution in [0.1, 0.15) is 38.5 Å². The Morgan fingerprint density at radius 1 is 0.938 bits per heavy atom. The van der Waals surface area contributed by atoms with E-state index < -0.39 is 0 Å². The van der Waals surface area contributed by atoms with E-state index in [2.05, 4.69) is 10.2 Å². The third-order valence-corrected chi connectivity index (χ3v) is 3.49. The van der Waals surface area contributed by atoms with Crippen molar-refractivity contribution in [3.8, 4) is 0 Å². The molecule has 1 N–H and O–H groups in total. The number of carbonyl (C=O) groups is 1. The molecule has 2 aliphatic rings. The van der Waals surface area contributed by atoms with Crippen molar-refractivity contribution >= 4 is 6.03 Å². The molecular formula is C12H23N3O. The quantitative estimate of drug-likeness (QED) is 0.775. The van der Waals surface area contributed by atoms with Gasteiger partial charge in [-0.15, -0.1) is 0 Å². The minimum atomic E-state index is 0.130. The van der Waals surface area contributed by atoms with E-state index in [4.69, 9.17) is 0 Å². The molecule has 2 rings (SSSR count). The summed E-state index contributed by atoms with van der Waals surface area (Å²) in [6.45, 7) is 4.90. The van der Waals surface area contributed by atoms with E-state index in [1.807, 2.05) is 4.90 Å². The molecule has 0 aromatic rings. The number of likely N-dealkylation sites (tertiary alicyclic amines) is 1. The van der Waals surface area contributed by atoms with Crippen LogP contribution in [-0.4, -0.2) is 48.7 Å². The maximum absolute atomic E-state index is 11.8. The summed E-state index contributed by atoms with van der Waals surface area (Å²) in [4.78, 5) is 16.2. The smallest absolute Gasteiger partial charge is 0.318 e. The van der Waals surface area contributed by atoms with Gasteiger partial charge in [0.1, 0.15) is 0 Å². The maximum atomic E-state index is 11.8. The summed E-state index contributed by atoms with van der Waals surface area (Å²) in [7, 11) is 0. The molecule has 92 valence electrons. The highest BCUT2D eigenvalue weighted by atomic mass is 16.2. The molecule has 4 heteroatoms. The lowest BCUT2D eigenvalue weighted by molar-refractivity contribution is 0.120. The van der Waals surface area contributed by atoms with Crippen LogP contribution in [0.15, 0.2) is 0 Å². The highest BCUT2D eigenvalue weighted by Gasteiger charge is 2.19. The third kappa shape index (κ3) is 3.37. The summed E-state index contributed by atoms with van der Waals surface area (Å²) < 4.78 is 0. The van der Waals surface area contributed by atoms with E-state index in [1.165, 1.54) is 25.7 Å². The van der Waals surface area contributed by atoms with Crippen molar-refractivity contribution in [1.29, 1.82) is 0 Å². The highest BCUT2D eigenvalue weighted by molar-refractivity contribution is 5.74. The minimum absolute atomic E-state index is 0.130. The lowest BCUT2D eigenvalue weighted by Gasteiger charge is -2.33. The first-order valence-corrected chi connectivity index (χ1v) is 6.61.